The van der Waals surface area contributed by atoms with Crippen molar-refractivity contribution in [3.63, 3.8) is 0 Å². The summed E-state index contributed by atoms with van der Waals surface area (Å²) in [7, 11) is 0. The normalized spacial score (nSPS) is 13.6. The predicted molar refractivity (Wildman–Crippen MR) is 95.1 cm³/mol. The van der Waals surface area contributed by atoms with E-state index in [1.807, 2.05) is 67.6 Å². The Hall–Kier alpha value is -2.13. The van der Waals surface area contributed by atoms with Crippen LogP contribution < -0.4 is 5.32 Å². The minimum absolute atomic E-state index is 0.00882. The van der Waals surface area contributed by atoms with Crippen LogP contribution in [0.3, 0.4) is 0 Å². The van der Waals surface area contributed by atoms with Crippen LogP contribution in [0.1, 0.15) is 44.0 Å². The lowest BCUT2D eigenvalue weighted by atomic mass is 10.0. The second kappa shape index (κ2) is 8.49. The number of carbonyl (C=O) groups excluding carboxylic acids is 1. The van der Waals surface area contributed by atoms with Gasteiger partial charge in [-0.25, -0.2) is 0 Å². The Balaban J connectivity index is 2.20. The first kappa shape index (κ1) is 17.2. The highest BCUT2D eigenvalue weighted by Crippen LogP contribution is 2.22. The van der Waals surface area contributed by atoms with Gasteiger partial charge in [-0.1, -0.05) is 74.5 Å². The van der Waals surface area contributed by atoms with E-state index in [1.54, 1.807) is 0 Å². The van der Waals surface area contributed by atoms with Gasteiger partial charge in [-0.2, -0.15) is 0 Å². The third-order valence-corrected chi connectivity index (χ3v) is 4.20. The molecule has 2 rings (SSSR count). The molecule has 0 aromatic heterocycles. The van der Waals surface area contributed by atoms with Gasteiger partial charge < -0.3 is 5.32 Å². The molecule has 0 bridgehead atoms. The fourth-order valence-corrected chi connectivity index (χ4v) is 2.87. The maximum atomic E-state index is 12.9. The van der Waals surface area contributed by atoms with Gasteiger partial charge in [0.15, 0.2) is 0 Å². The van der Waals surface area contributed by atoms with E-state index in [2.05, 4.69) is 24.1 Å². The summed E-state index contributed by atoms with van der Waals surface area (Å²) in [5, 5.41) is 3.16. The summed E-state index contributed by atoms with van der Waals surface area (Å²) >= 11 is 0. The maximum Gasteiger partial charge on any atom is 0.242 e. The number of nitrogens with zero attached hydrogens (tertiary/aromatic N) is 1. The van der Waals surface area contributed by atoms with E-state index in [0.717, 1.165) is 24.2 Å². The van der Waals surface area contributed by atoms with Gasteiger partial charge in [0, 0.05) is 0 Å². The zero-order valence-electron chi connectivity index (χ0n) is 14.2. The summed E-state index contributed by atoms with van der Waals surface area (Å²) < 4.78 is 0. The minimum atomic E-state index is -0.252. The summed E-state index contributed by atoms with van der Waals surface area (Å²) in [5.74, 6) is 0.0521. The van der Waals surface area contributed by atoms with Crippen LogP contribution >= 0.6 is 0 Å². The Morgan fingerprint density at radius 2 is 1.39 bits per heavy atom. The van der Waals surface area contributed by atoms with Crippen LogP contribution in [0.4, 0.5) is 0 Å². The van der Waals surface area contributed by atoms with Gasteiger partial charge in [-0.15, -0.1) is 0 Å². The van der Waals surface area contributed by atoms with Crippen molar-refractivity contribution in [2.75, 3.05) is 13.1 Å². The lowest BCUT2D eigenvalue weighted by Crippen LogP contribution is -2.41. The number of likely N-dealkylation sites (N-methyl/N-ethyl adjacent to an activating group) is 1. The molecule has 0 heterocycles. The smallest absolute Gasteiger partial charge is 0.242 e. The SMILES string of the molecule is CCN(CC)C(C(=O)NC(C)c1ccccc1)c1ccccc1. The number of rotatable bonds is 7. The van der Waals surface area contributed by atoms with Gasteiger partial charge in [0.2, 0.25) is 5.91 Å². The largest absolute Gasteiger partial charge is 0.348 e. The van der Waals surface area contributed by atoms with Crippen LogP contribution in [0.2, 0.25) is 0 Å². The number of hydrogen-bond donors (Lipinski definition) is 1. The maximum absolute atomic E-state index is 12.9. The zero-order chi connectivity index (χ0) is 16.7. The first-order valence-electron chi connectivity index (χ1n) is 8.31. The minimum Gasteiger partial charge on any atom is -0.348 e. The van der Waals surface area contributed by atoms with Crippen molar-refractivity contribution in [1.82, 2.24) is 10.2 Å². The van der Waals surface area contributed by atoms with Crippen molar-refractivity contribution in [1.29, 1.82) is 0 Å². The second-order valence-corrected chi connectivity index (χ2v) is 5.68. The van der Waals surface area contributed by atoms with Gasteiger partial charge in [0.05, 0.1) is 6.04 Å². The molecule has 3 heteroatoms. The average molecular weight is 310 g/mol. The van der Waals surface area contributed by atoms with Crippen molar-refractivity contribution >= 4 is 5.91 Å². The van der Waals surface area contributed by atoms with Crippen LogP contribution in [0.25, 0.3) is 0 Å². The van der Waals surface area contributed by atoms with E-state index in [1.165, 1.54) is 0 Å². The van der Waals surface area contributed by atoms with Crippen molar-refractivity contribution in [2.45, 2.75) is 32.9 Å². The molecule has 23 heavy (non-hydrogen) atoms. The molecule has 0 aliphatic carbocycles. The molecule has 2 aromatic carbocycles. The Kier molecular flexibility index (Phi) is 6.36. The highest BCUT2D eigenvalue weighted by Gasteiger charge is 2.26. The van der Waals surface area contributed by atoms with Crippen molar-refractivity contribution in [2.24, 2.45) is 0 Å². The summed E-state index contributed by atoms with van der Waals surface area (Å²) in [6.45, 7) is 7.88. The van der Waals surface area contributed by atoms with E-state index in [0.29, 0.717) is 0 Å². The second-order valence-electron chi connectivity index (χ2n) is 5.68. The summed E-state index contributed by atoms with van der Waals surface area (Å²) in [4.78, 5) is 15.1. The number of hydrogen-bond acceptors (Lipinski definition) is 2. The van der Waals surface area contributed by atoms with Crippen LogP contribution in [0.15, 0.2) is 60.7 Å². The van der Waals surface area contributed by atoms with E-state index in [9.17, 15) is 4.79 Å². The first-order valence-corrected chi connectivity index (χ1v) is 8.31. The predicted octanol–water partition coefficient (Wildman–Crippen LogP) is 3.95. The van der Waals surface area contributed by atoms with Gasteiger partial charge >= 0.3 is 0 Å². The van der Waals surface area contributed by atoms with E-state index in [-0.39, 0.29) is 18.0 Å². The highest BCUT2D eigenvalue weighted by molar-refractivity contribution is 5.83. The number of benzene rings is 2. The molecule has 0 fully saturated rings. The fraction of sp³-hybridized carbons (Fsp3) is 0.350. The van der Waals surface area contributed by atoms with Gasteiger partial charge in [0.25, 0.3) is 0 Å². The third kappa shape index (κ3) is 4.42. The summed E-state index contributed by atoms with van der Waals surface area (Å²) in [6.07, 6.45) is 0. The molecule has 2 unspecified atom stereocenters. The molecule has 0 aliphatic heterocycles. The fourth-order valence-electron chi connectivity index (χ4n) is 2.87. The first-order chi connectivity index (χ1) is 11.2. The molecule has 1 amide bonds. The molecule has 0 spiro atoms. The summed E-state index contributed by atoms with van der Waals surface area (Å²) in [5.41, 5.74) is 2.15. The zero-order valence-corrected chi connectivity index (χ0v) is 14.2. The molecule has 122 valence electrons. The standard InChI is InChI=1S/C20H26N2O/c1-4-22(5-2)19(18-14-10-7-11-15-18)20(23)21-16(3)17-12-8-6-9-13-17/h6-16,19H,4-5H2,1-3H3,(H,21,23). The number of amides is 1. The van der Waals surface area contributed by atoms with Crippen LogP contribution in [-0.2, 0) is 4.79 Å². The monoisotopic (exact) mass is 310 g/mol. The molecular weight excluding hydrogens is 284 g/mol. The molecule has 2 aromatic rings. The summed E-state index contributed by atoms with van der Waals surface area (Å²) in [6, 6.07) is 19.8. The lowest BCUT2D eigenvalue weighted by molar-refractivity contribution is -0.127. The molecular formula is C20H26N2O. The van der Waals surface area contributed by atoms with Crippen molar-refractivity contribution < 1.29 is 4.79 Å². The number of nitrogens with one attached hydrogen (secondary N) is 1. The average Bonchev–Trinajstić information content (AvgIpc) is 2.60. The Bertz CT molecular complexity index is 594. The van der Waals surface area contributed by atoms with E-state index in [4.69, 9.17) is 0 Å². The van der Waals surface area contributed by atoms with Gasteiger partial charge in [0.1, 0.15) is 6.04 Å². The molecule has 0 saturated heterocycles. The molecule has 3 nitrogen and oxygen atoms in total. The Morgan fingerprint density at radius 3 is 1.87 bits per heavy atom. The van der Waals surface area contributed by atoms with Gasteiger partial charge in [-0.05, 0) is 31.1 Å². The quantitative estimate of drug-likeness (QED) is 0.840. The van der Waals surface area contributed by atoms with Crippen molar-refractivity contribution in [3.05, 3.63) is 71.8 Å². The number of carbonyl (C=O) groups is 1. The molecule has 1 N–H and O–H groups in total. The highest BCUT2D eigenvalue weighted by atomic mass is 16.2. The van der Waals surface area contributed by atoms with Crippen LogP contribution in [0, 0.1) is 0 Å². The third-order valence-electron chi connectivity index (χ3n) is 4.20. The molecule has 2 atom stereocenters. The van der Waals surface area contributed by atoms with E-state index < -0.39 is 0 Å². The van der Waals surface area contributed by atoms with Crippen LogP contribution in [0.5, 0.6) is 0 Å². The molecule has 0 saturated carbocycles. The van der Waals surface area contributed by atoms with Gasteiger partial charge in [-0.3, -0.25) is 9.69 Å². The lowest BCUT2D eigenvalue weighted by Gasteiger charge is -2.30. The Labute approximate surface area is 139 Å². The van der Waals surface area contributed by atoms with Crippen molar-refractivity contribution in [3.8, 4) is 0 Å². The topological polar surface area (TPSA) is 32.3 Å². The van der Waals surface area contributed by atoms with E-state index >= 15 is 0 Å². The molecule has 0 radical (unpaired) electrons. The Morgan fingerprint density at radius 1 is 0.913 bits per heavy atom. The van der Waals surface area contributed by atoms with Crippen LogP contribution in [-0.4, -0.2) is 23.9 Å². The molecule has 0 aliphatic rings.